The molecule has 2 aliphatic heterocycles. The summed E-state index contributed by atoms with van der Waals surface area (Å²) in [6.07, 6.45) is 0. The molecule has 0 atom stereocenters. The molecule has 0 saturated carbocycles. The Hall–Kier alpha value is -1.17. The van der Waals surface area contributed by atoms with Gasteiger partial charge in [-0.3, -0.25) is 4.90 Å². The van der Waals surface area contributed by atoms with Crippen LogP contribution in [0.3, 0.4) is 0 Å². The van der Waals surface area contributed by atoms with Crippen LogP contribution in [0.25, 0.3) is 11.0 Å². The lowest BCUT2D eigenvalue weighted by Gasteiger charge is -2.26. The minimum absolute atomic E-state index is 0.303. The average molecular weight is 441 g/mol. The fourth-order valence-corrected chi connectivity index (χ4v) is 6.20. The molecule has 3 heterocycles. The first-order valence-corrected chi connectivity index (χ1v) is 12.5. The minimum Gasteiger partial charge on any atom is -0.379 e. The summed E-state index contributed by atoms with van der Waals surface area (Å²) in [5, 5.41) is 0.941. The van der Waals surface area contributed by atoms with Crippen molar-refractivity contribution in [3.05, 3.63) is 18.2 Å². The SMILES string of the molecule is CCn1c(SCCN2CCOCC2)nc2cc(S(=O)(=O)N3CCOCC3)ccc21. The molecule has 160 valence electrons. The van der Waals surface area contributed by atoms with Crippen LogP contribution in [0.2, 0.25) is 0 Å². The first-order chi connectivity index (χ1) is 14.1. The standard InChI is InChI=1S/C19H28N4O4S2/c1-2-23-18-4-3-16(29(24,25)22-7-12-27-13-8-22)15-17(18)20-19(23)28-14-9-21-5-10-26-11-6-21/h3-4,15H,2,5-14H2,1H3. The van der Waals surface area contributed by atoms with Gasteiger partial charge in [0.15, 0.2) is 5.16 Å². The number of nitrogens with zero attached hydrogens (tertiary/aromatic N) is 4. The first kappa shape index (κ1) is 21.1. The van der Waals surface area contributed by atoms with E-state index in [1.54, 1.807) is 23.9 Å². The summed E-state index contributed by atoms with van der Waals surface area (Å²) < 4.78 is 40.2. The van der Waals surface area contributed by atoms with E-state index in [2.05, 4.69) is 16.4 Å². The van der Waals surface area contributed by atoms with Gasteiger partial charge in [-0.05, 0) is 25.1 Å². The van der Waals surface area contributed by atoms with Crippen molar-refractivity contribution >= 4 is 32.8 Å². The van der Waals surface area contributed by atoms with Crippen LogP contribution < -0.4 is 0 Å². The molecule has 0 spiro atoms. The number of benzene rings is 1. The number of imidazole rings is 1. The highest BCUT2D eigenvalue weighted by atomic mass is 32.2. The monoisotopic (exact) mass is 440 g/mol. The summed E-state index contributed by atoms with van der Waals surface area (Å²) in [4.78, 5) is 7.47. The second-order valence-electron chi connectivity index (χ2n) is 7.11. The highest BCUT2D eigenvalue weighted by Gasteiger charge is 2.27. The third-order valence-corrected chi connectivity index (χ3v) is 8.20. The van der Waals surface area contributed by atoms with Crippen LogP contribution in [-0.4, -0.2) is 92.1 Å². The van der Waals surface area contributed by atoms with Crippen molar-refractivity contribution in [3.8, 4) is 0 Å². The smallest absolute Gasteiger partial charge is 0.243 e. The van der Waals surface area contributed by atoms with Crippen LogP contribution in [-0.2, 0) is 26.0 Å². The summed E-state index contributed by atoms with van der Waals surface area (Å²) in [6.45, 7) is 9.12. The Morgan fingerprint density at radius 1 is 1.07 bits per heavy atom. The van der Waals surface area contributed by atoms with E-state index in [9.17, 15) is 8.42 Å². The Morgan fingerprint density at radius 2 is 1.76 bits per heavy atom. The molecule has 1 aromatic heterocycles. The Morgan fingerprint density at radius 3 is 2.45 bits per heavy atom. The zero-order chi connectivity index (χ0) is 20.3. The zero-order valence-corrected chi connectivity index (χ0v) is 18.4. The lowest BCUT2D eigenvalue weighted by molar-refractivity contribution is 0.0410. The number of hydrogen-bond acceptors (Lipinski definition) is 7. The van der Waals surface area contributed by atoms with E-state index in [0.717, 1.165) is 61.3 Å². The van der Waals surface area contributed by atoms with E-state index in [4.69, 9.17) is 14.5 Å². The van der Waals surface area contributed by atoms with E-state index in [1.807, 2.05) is 6.07 Å². The molecule has 2 saturated heterocycles. The third-order valence-electron chi connectivity index (χ3n) is 5.35. The fourth-order valence-electron chi connectivity index (χ4n) is 3.69. The number of rotatable bonds is 7. The lowest BCUT2D eigenvalue weighted by Crippen LogP contribution is -2.40. The maximum absolute atomic E-state index is 13.0. The van der Waals surface area contributed by atoms with E-state index >= 15 is 0 Å². The number of aromatic nitrogens is 2. The Bertz CT molecular complexity index is 935. The first-order valence-electron chi connectivity index (χ1n) is 10.1. The topological polar surface area (TPSA) is 76.9 Å². The van der Waals surface area contributed by atoms with Gasteiger partial charge < -0.3 is 14.0 Å². The molecule has 10 heteroatoms. The Kier molecular flexibility index (Phi) is 6.77. The average Bonchev–Trinajstić information content (AvgIpc) is 3.11. The quantitative estimate of drug-likeness (QED) is 0.604. The summed E-state index contributed by atoms with van der Waals surface area (Å²) in [5.41, 5.74) is 1.71. The van der Waals surface area contributed by atoms with Gasteiger partial charge in [0.25, 0.3) is 0 Å². The number of sulfonamides is 1. The van der Waals surface area contributed by atoms with Crippen LogP contribution in [0.5, 0.6) is 0 Å². The summed E-state index contributed by atoms with van der Waals surface area (Å²) in [5.74, 6) is 0.947. The molecule has 0 amide bonds. The van der Waals surface area contributed by atoms with Crippen molar-refractivity contribution < 1.29 is 17.9 Å². The van der Waals surface area contributed by atoms with Crippen LogP contribution in [0, 0.1) is 0 Å². The number of aryl methyl sites for hydroxylation is 1. The van der Waals surface area contributed by atoms with Crippen molar-refractivity contribution in [1.82, 2.24) is 18.8 Å². The second-order valence-corrected chi connectivity index (χ2v) is 10.1. The van der Waals surface area contributed by atoms with E-state index in [1.165, 1.54) is 4.31 Å². The van der Waals surface area contributed by atoms with Crippen molar-refractivity contribution in [2.45, 2.75) is 23.5 Å². The molecule has 2 aliphatic rings. The molecule has 2 fully saturated rings. The molecule has 8 nitrogen and oxygen atoms in total. The maximum atomic E-state index is 13.0. The van der Waals surface area contributed by atoms with Gasteiger partial charge in [0.05, 0.1) is 42.4 Å². The van der Waals surface area contributed by atoms with Crippen molar-refractivity contribution in [2.75, 3.05) is 64.9 Å². The molecule has 0 radical (unpaired) electrons. The normalized spacial score (nSPS) is 19.8. The zero-order valence-electron chi connectivity index (χ0n) is 16.7. The lowest BCUT2D eigenvalue weighted by atomic mass is 10.3. The van der Waals surface area contributed by atoms with E-state index in [-0.39, 0.29) is 0 Å². The molecule has 29 heavy (non-hydrogen) atoms. The minimum atomic E-state index is -3.52. The molecule has 0 N–H and O–H groups in total. The molecule has 1 aromatic carbocycles. The highest BCUT2D eigenvalue weighted by Crippen LogP contribution is 2.27. The number of ether oxygens (including phenoxy) is 2. The van der Waals surface area contributed by atoms with Crippen LogP contribution in [0.4, 0.5) is 0 Å². The van der Waals surface area contributed by atoms with Gasteiger partial charge in [-0.1, -0.05) is 11.8 Å². The van der Waals surface area contributed by atoms with Crippen LogP contribution in [0.15, 0.2) is 28.3 Å². The highest BCUT2D eigenvalue weighted by molar-refractivity contribution is 7.99. The molecule has 2 aromatic rings. The molecule has 0 aliphatic carbocycles. The van der Waals surface area contributed by atoms with Crippen molar-refractivity contribution in [1.29, 1.82) is 0 Å². The molecule has 4 rings (SSSR count). The fraction of sp³-hybridized carbons (Fsp3) is 0.632. The number of fused-ring (bicyclic) bond motifs is 1. The van der Waals surface area contributed by atoms with Gasteiger partial charge in [-0.15, -0.1) is 0 Å². The molecule has 0 bridgehead atoms. The number of morpholine rings is 2. The molecular formula is C19H28N4O4S2. The number of hydrogen-bond donors (Lipinski definition) is 0. The predicted molar refractivity (Wildman–Crippen MR) is 113 cm³/mol. The third kappa shape index (κ3) is 4.62. The van der Waals surface area contributed by atoms with E-state index in [0.29, 0.717) is 31.2 Å². The molecule has 0 unspecified atom stereocenters. The summed E-state index contributed by atoms with van der Waals surface area (Å²) in [7, 11) is -3.52. The van der Waals surface area contributed by atoms with Crippen LogP contribution in [0.1, 0.15) is 6.92 Å². The molecular weight excluding hydrogens is 412 g/mol. The van der Waals surface area contributed by atoms with E-state index < -0.39 is 10.0 Å². The largest absolute Gasteiger partial charge is 0.379 e. The van der Waals surface area contributed by atoms with Gasteiger partial charge in [-0.25, -0.2) is 13.4 Å². The maximum Gasteiger partial charge on any atom is 0.243 e. The van der Waals surface area contributed by atoms with Gasteiger partial charge in [0.1, 0.15) is 0 Å². The van der Waals surface area contributed by atoms with Crippen molar-refractivity contribution in [2.24, 2.45) is 0 Å². The van der Waals surface area contributed by atoms with Gasteiger partial charge >= 0.3 is 0 Å². The summed E-state index contributed by atoms with van der Waals surface area (Å²) in [6, 6.07) is 5.28. The second kappa shape index (κ2) is 9.32. The van der Waals surface area contributed by atoms with Gasteiger partial charge in [0, 0.05) is 45.0 Å². The van der Waals surface area contributed by atoms with Gasteiger partial charge in [0.2, 0.25) is 10.0 Å². The Labute approximate surface area is 176 Å². The van der Waals surface area contributed by atoms with Crippen molar-refractivity contribution in [3.63, 3.8) is 0 Å². The summed E-state index contributed by atoms with van der Waals surface area (Å²) >= 11 is 1.73. The predicted octanol–water partition coefficient (Wildman–Crippen LogP) is 1.50. The van der Waals surface area contributed by atoms with Crippen LogP contribution >= 0.6 is 11.8 Å². The Balaban J connectivity index is 1.52. The van der Waals surface area contributed by atoms with Gasteiger partial charge in [-0.2, -0.15) is 4.31 Å². The number of thioether (sulfide) groups is 1.